The van der Waals surface area contributed by atoms with Crippen molar-refractivity contribution in [1.29, 1.82) is 5.53 Å². The summed E-state index contributed by atoms with van der Waals surface area (Å²) in [5, 5.41) is 0. The molecule has 0 radical (unpaired) electrons. The quantitative estimate of drug-likeness (QED) is 0.428. The molecular weight excluding hydrogens is 90.1 g/mol. The van der Waals surface area contributed by atoms with Crippen LogP contribution in [0.15, 0.2) is 17.4 Å². The van der Waals surface area contributed by atoms with Crippen LogP contribution < -0.4 is 0 Å². The van der Waals surface area contributed by atoms with Gasteiger partial charge in [-0.15, -0.1) is 0 Å². The topological polar surface area (TPSA) is 39.2 Å². The Labute approximate surface area is 41.5 Å². The van der Waals surface area contributed by atoms with E-state index in [9.17, 15) is 0 Å². The second-order valence-electron chi connectivity index (χ2n) is 1.28. The third-order valence-electron chi connectivity index (χ3n) is 0.716. The van der Waals surface area contributed by atoms with Crippen LogP contribution in [0.3, 0.4) is 0 Å². The van der Waals surface area contributed by atoms with Gasteiger partial charge in [0.2, 0.25) is 12.7 Å². The number of nitrogens with zero attached hydrogens (tertiary/aromatic N) is 2. The van der Waals surface area contributed by atoms with Crippen LogP contribution in [-0.2, 0) is 0 Å². The number of nitrogens with one attached hydrogen (secondary N) is 1. The molecule has 1 aliphatic heterocycles. The van der Waals surface area contributed by atoms with Gasteiger partial charge < -0.3 is 0 Å². The van der Waals surface area contributed by atoms with Crippen molar-refractivity contribution in [2.24, 2.45) is 4.99 Å². The lowest BCUT2D eigenvalue weighted by Crippen LogP contribution is -2.04. The number of hydrogen-bond donors (Lipinski definition) is 1. The van der Waals surface area contributed by atoms with Crippen molar-refractivity contribution in [3.8, 4) is 0 Å². The lowest BCUT2D eigenvalue weighted by molar-refractivity contribution is -0.536. The molecule has 1 heterocycles. The van der Waals surface area contributed by atoms with E-state index in [1.165, 1.54) is 4.70 Å². The summed E-state index contributed by atoms with van der Waals surface area (Å²) in [5.74, 6) is 0. The number of aliphatic imine (C=N–C) groups is 1. The minimum Gasteiger partial charge on any atom is -0.256 e. The van der Waals surface area contributed by atoms with Gasteiger partial charge in [0.1, 0.15) is 0 Å². The van der Waals surface area contributed by atoms with E-state index in [-0.39, 0.29) is 0 Å². The van der Waals surface area contributed by atoms with Gasteiger partial charge in [-0.1, -0.05) is 10.2 Å². The zero-order valence-corrected chi connectivity index (χ0v) is 3.83. The van der Waals surface area contributed by atoms with Gasteiger partial charge in [0.15, 0.2) is 0 Å². The molecule has 1 aliphatic rings. The molecule has 0 aromatic rings. The van der Waals surface area contributed by atoms with Gasteiger partial charge in [-0.2, -0.15) is 0 Å². The fraction of sp³-hybridized carbons (Fsp3) is 0.250. The first-order valence-corrected chi connectivity index (χ1v) is 2.06. The van der Waals surface area contributed by atoms with E-state index in [0.717, 1.165) is 0 Å². The van der Waals surface area contributed by atoms with Gasteiger partial charge in [0.25, 0.3) is 0 Å². The molecule has 1 N–H and O–H groups in total. The fourth-order valence-electron chi connectivity index (χ4n) is 0.376. The standard InChI is InChI=1S/C4H6N3/c5-7-3-1-6-2-4-7/h1-3,5H,4H2/q+1. The Morgan fingerprint density at radius 1 is 1.71 bits per heavy atom. The first kappa shape index (κ1) is 4.18. The summed E-state index contributed by atoms with van der Waals surface area (Å²) in [6, 6.07) is 0. The molecule has 0 aromatic heterocycles. The van der Waals surface area contributed by atoms with E-state index in [4.69, 9.17) is 5.53 Å². The molecule has 3 nitrogen and oxygen atoms in total. The maximum atomic E-state index is 6.93. The van der Waals surface area contributed by atoms with E-state index in [1.807, 2.05) is 0 Å². The highest BCUT2D eigenvalue weighted by Gasteiger charge is 1.95. The third kappa shape index (κ3) is 0.924. The van der Waals surface area contributed by atoms with E-state index < -0.39 is 0 Å². The lowest BCUT2D eigenvalue weighted by Gasteiger charge is -1.85. The van der Waals surface area contributed by atoms with Crippen LogP contribution in [0, 0.1) is 5.53 Å². The Bertz CT molecular complexity index is 134. The number of hydrogen-bond acceptors (Lipinski definition) is 2. The normalized spacial score (nSPS) is 18.0. The predicted octanol–water partition coefficient (Wildman–Crippen LogP) is 0.585. The van der Waals surface area contributed by atoms with Gasteiger partial charge in [0.05, 0.1) is 12.4 Å². The smallest absolute Gasteiger partial charge is 0.214 e. The molecule has 0 atom stereocenters. The molecular formula is C4H6N3+. The highest BCUT2D eigenvalue weighted by Crippen LogP contribution is 1.82. The van der Waals surface area contributed by atoms with Crippen LogP contribution in [0.5, 0.6) is 0 Å². The zero-order valence-electron chi connectivity index (χ0n) is 3.83. The lowest BCUT2D eigenvalue weighted by atomic mass is 10.6. The molecule has 0 saturated carbocycles. The number of rotatable bonds is 0. The largest absolute Gasteiger partial charge is 0.256 e. The highest BCUT2D eigenvalue weighted by atomic mass is 15.2. The summed E-state index contributed by atoms with van der Waals surface area (Å²) >= 11 is 0. The maximum absolute atomic E-state index is 6.93. The molecule has 0 fully saturated rings. The van der Waals surface area contributed by atoms with Crippen molar-refractivity contribution in [3.05, 3.63) is 12.4 Å². The van der Waals surface area contributed by atoms with Crippen molar-refractivity contribution in [2.45, 2.75) is 0 Å². The van der Waals surface area contributed by atoms with Gasteiger partial charge in [0, 0.05) is 0 Å². The molecule has 0 aliphatic carbocycles. The van der Waals surface area contributed by atoms with E-state index in [2.05, 4.69) is 4.99 Å². The minimum atomic E-state index is 0.608. The predicted molar refractivity (Wildman–Crippen MR) is 25.5 cm³/mol. The van der Waals surface area contributed by atoms with Crippen molar-refractivity contribution >= 4 is 6.21 Å². The van der Waals surface area contributed by atoms with Crippen molar-refractivity contribution in [2.75, 3.05) is 6.54 Å². The van der Waals surface area contributed by atoms with Gasteiger partial charge >= 0.3 is 0 Å². The van der Waals surface area contributed by atoms with Crippen LogP contribution in [-0.4, -0.2) is 17.5 Å². The summed E-state index contributed by atoms with van der Waals surface area (Å²) in [7, 11) is 0. The molecule has 0 unspecified atom stereocenters. The van der Waals surface area contributed by atoms with Crippen LogP contribution in [0.1, 0.15) is 0 Å². The molecule has 0 saturated heterocycles. The third-order valence-corrected chi connectivity index (χ3v) is 0.716. The Morgan fingerprint density at radius 3 is 2.86 bits per heavy atom. The van der Waals surface area contributed by atoms with Gasteiger partial charge in [-0.05, 0) is 0 Å². The molecule has 7 heavy (non-hydrogen) atoms. The van der Waals surface area contributed by atoms with Crippen LogP contribution in [0.4, 0.5) is 0 Å². The van der Waals surface area contributed by atoms with E-state index in [1.54, 1.807) is 18.6 Å². The zero-order chi connectivity index (χ0) is 5.11. The Balaban J connectivity index is 2.66. The summed E-state index contributed by atoms with van der Waals surface area (Å²) in [4.78, 5) is 3.76. The summed E-state index contributed by atoms with van der Waals surface area (Å²) in [6.45, 7) is 0.608. The molecule has 0 amide bonds. The summed E-state index contributed by atoms with van der Waals surface area (Å²) in [5.41, 5.74) is 6.93. The summed E-state index contributed by atoms with van der Waals surface area (Å²) in [6.07, 6.45) is 4.89. The maximum Gasteiger partial charge on any atom is 0.214 e. The molecule has 0 spiro atoms. The van der Waals surface area contributed by atoms with Gasteiger partial charge in [-0.25, -0.2) is 0 Å². The van der Waals surface area contributed by atoms with Crippen molar-refractivity contribution in [3.63, 3.8) is 0 Å². The average Bonchev–Trinajstić information content (AvgIpc) is 1.69. The second kappa shape index (κ2) is 1.64. The SMILES string of the molecule is N=[N+]1C=CN=CC1. The molecule has 3 heteroatoms. The average molecular weight is 96.1 g/mol. The minimum absolute atomic E-state index is 0.608. The van der Waals surface area contributed by atoms with Crippen LogP contribution in [0.2, 0.25) is 0 Å². The first-order valence-electron chi connectivity index (χ1n) is 2.06. The molecule has 0 bridgehead atoms. The Kier molecular flexibility index (Phi) is 0.978. The monoisotopic (exact) mass is 96.1 g/mol. The fourth-order valence-corrected chi connectivity index (χ4v) is 0.376. The molecule has 1 rings (SSSR count). The van der Waals surface area contributed by atoms with E-state index in [0.29, 0.717) is 6.54 Å². The Hall–Kier alpha value is -0.990. The van der Waals surface area contributed by atoms with Crippen molar-refractivity contribution in [1.82, 2.24) is 0 Å². The summed E-state index contributed by atoms with van der Waals surface area (Å²) < 4.78 is 1.31. The second-order valence-corrected chi connectivity index (χ2v) is 1.28. The Morgan fingerprint density at radius 2 is 2.57 bits per heavy atom. The first-order chi connectivity index (χ1) is 3.39. The van der Waals surface area contributed by atoms with Crippen LogP contribution in [0.25, 0.3) is 0 Å². The van der Waals surface area contributed by atoms with Gasteiger partial charge in [-0.3, -0.25) is 4.99 Å². The molecule has 36 valence electrons. The molecule has 0 aromatic carbocycles. The highest BCUT2D eigenvalue weighted by molar-refractivity contribution is 5.59. The van der Waals surface area contributed by atoms with E-state index >= 15 is 0 Å². The van der Waals surface area contributed by atoms with Crippen molar-refractivity contribution < 1.29 is 4.70 Å². The van der Waals surface area contributed by atoms with Crippen LogP contribution >= 0.6 is 0 Å².